The normalized spacial score (nSPS) is 21.6. The smallest absolute Gasteiger partial charge is 0.228 e. The molecule has 0 unspecified atom stereocenters. The van der Waals surface area contributed by atoms with E-state index >= 15 is 0 Å². The highest BCUT2D eigenvalue weighted by Gasteiger charge is 2.31. The number of carbonyl (C=O) groups is 1. The molecule has 1 N–H and O–H groups in total. The van der Waals surface area contributed by atoms with Gasteiger partial charge in [0.05, 0.1) is 12.1 Å². The van der Waals surface area contributed by atoms with Crippen molar-refractivity contribution in [3.63, 3.8) is 0 Å². The largest absolute Gasteiger partial charge is 0.444 e. The number of hydrogen-bond donors (Lipinski definition) is 1. The summed E-state index contributed by atoms with van der Waals surface area (Å²) in [5, 5.41) is 3.45. The summed E-state index contributed by atoms with van der Waals surface area (Å²) in [6.07, 6.45) is 3.91. The van der Waals surface area contributed by atoms with Crippen molar-refractivity contribution in [3.05, 3.63) is 42.0 Å². The topological polar surface area (TPSA) is 58.4 Å². The minimum Gasteiger partial charge on any atom is -0.444 e. The van der Waals surface area contributed by atoms with Gasteiger partial charge < -0.3 is 14.6 Å². The number of rotatable bonds is 3. The summed E-state index contributed by atoms with van der Waals surface area (Å²) in [6.45, 7) is 3.81. The molecule has 1 aromatic heterocycles. The van der Waals surface area contributed by atoms with E-state index in [1.807, 2.05) is 4.90 Å². The van der Waals surface area contributed by atoms with Gasteiger partial charge in [-0.05, 0) is 62.0 Å². The summed E-state index contributed by atoms with van der Waals surface area (Å²) in [6, 6.07) is 5.98. The van der Waals surface area contributed by atoms with Crippen LogP contribution >= 0.6 is 24.8 Å². The van der Waals surface area contributed by atoms with Crippen LogP contribution in [0.2, 0.25) is 0 Å². The van der Waals surface area contributed by atoms with Crippen LogP contribution in [0.3, 0.4) is 0 Å². The average molecular weight is 416 g/mol. The highest BCUT2D eigenvalue weighted by molar-refractivity contribution is 5.85. The molecule has 2 fully saturated rings. The number of fused-ring (bicyclic) bond motifs is 1. The standard InChI is InChI=1S/C19H22FN3O2.2ClH/c20-16-3-1-13(2-4-16)19-22-17(12-25-19)9-18(24)23-7-5-14-10-21-11-15(14)6-8-23;;/h1-4,12,14-15,21H,5-11H2;2*1H/t14-,15+;;. The van der Waals surface area contributed by atoms with Crippen molar-refractivity contribution < 1.29 is 13.6 Å². The van der Waals surface area contributed by atoms with Crippen LogP contribution in [0.4, 0.5) is 4.39 Å². The third-order valence-corrected chi connectivity index (χ3v) is 5.35. The van der Waals surface area contributed by atoms with Crippen LogP contribution in [0.1, 0.15) is 18.5 Å². The van der Waals surface area contributed by atoms with Crippen LogP contribution in [0.25, 0.3) is 11.5 Å². The van der Waals surface area contributed by atoms with Crippen molar-refractivity contribution in [1.82, 2.24) is 15.2 Å². The van der Waals surface area contributed by atoms with Gasteiger partial charge in [-0.3, -0.25) is 4.79 Å². The first-order chi connectivity index (χ1) is 12.2. The first-order valence-corrected chi connectivity index (χ1v) is 8.88. The lowest BCUT2D eigenvalue weighted by molar-refractivity contribution is -0.130. The number of likely N-dealkylation sites (tertiary alicyclic amines) is 1. The molecule has 148 valence electrons. The number of hydrogen-bond acceptors (Lipinski definition) is 4. The fraction of sp³-hybridized carbons (Fsp3) is 0.474. The van der Waals surface area contributed by atoms with E-state index in [9.17, 15) is 9.18 Å². The van der Waals surface area contributed by atoms with Gasteiger partial charge in [-0.1, -0.05) is 0 Å². The van der Waals surface area contributed by atoms with Gasteiger partial charge in [-0.15, -0.1) is 24.8 Å². The molecule has 0 bridgehead atoms. The van der Waals surface area contributed by atoms with Gasteiger partial charge in [-0.25, -0.2) is 9.37 Å². The zero-order valence-corrected chi connectivity index (χ0v) is 16.5. The lowest BCUT2D eigenvalue weighted by Crippen LogP contribution is -2.34. The number of halogens is 3. The van der Waals surface area contributed by atoms with E-state index < -0.39 is 0 Å². The summed E-state index contributed by atoms with van der Waals surface area (Å²) >= 11 is 0. The zero-order chi connectivity index (χ0) is 17.2. The summed E-state index contributed by atoms with van der Waals surface area (Å²) in [4.78, 5) is 19.0. The van der Waals surface area contributed by atoms with Crippen molar-refractivity contribution in [2.24, 2.45) is 11.8 Å². The van der Waals surface area contributed by atoms with Gasteiger partial charge >= 0.3 is 0 Å². The summed E-state index contributed by atoms with van der Waals surface area (Å²) in [5.74, 6) is 1.63. The van der Waals surface area contributed by atoms with Gasteiger partial charge in [0.25, 0.3) is 0 Å². The number of carbonyl (C=O) groups excluding carboxylic acids is 1. The van der Waals surface area contributed by atoms with E-state index in [1.54, 1.807) is 12.1 Å². The Hall–Kier alpha value is -1.63. The van der Waals surface area contributed by atoms with Crippen molar-refractivity contribution in [2.75, 3.05) is 26.2 Å². The zero-order valence-electron chi connectivity index (χ0n) is 14.9. The van der Waals surface area contributed by atoms with Crippen LogP contribution < -0.4 is 5.32 Å². The Labute approximate surface area is 170 Å². The predicted molar refractivity (Wildman–Crippen MR) is 106 cm³/mol. The predicted octanol–water partition coefficient (Wildman–Crippen LogP) is 3.32. The Kier molecular flexibility index (Phi) is 7.65. The Balaban J connectivity index is 0.00000131. The summed E-state index contributed by atoms with van der Waals surface area (Å²) in [7, 11) is 0. The molecule has 0 aliphatic carbocycles. The molecule has 3 heterocycles. The minimum atomic E-state index is -0.299. The molecule has 4 rings (SSSR count). The van der Waals surface area contributed by atoms with E-state index in [0.29, 0.717) is 29.0 Å². The monoisotopic (exact) mass is 415 g/mol. The van der Waals surface area contributed by atoms with E-state index in [4.69, 9.17) is 4.42 Å². The first kappa shape index (κ1) is 21.7. The molecule has 2 saturated heterocycles. The van der Waals surface area contributed by atoms with Crippen molar-refractivity contribution in [3.8, 4) is 11.5 Å². The van der Waals surface area contributed by atoms with E-state index in [2.05, 4.69) is 10.3 Å². The summed E-state index contributed by atoms with van der Waals surface area (Å²) < 4.78 is 18.4. The molecule has 0 spiro atoms. The second-order valence-electron chi connectivity index (χ2n) is 6.96. The Morgan fingerprint density at radius 2 is 1.78 bits per heavy atom. The van der Waals surface area contributed by atoms with E-state index in [1.165, 1.54) is 18.4 Å². The maximum absolute atomic E-state index is 13.0. The molecule has 2 atom stereocenters. The molecule has 2 aliphatic heterocycles. The quantitative estimate of drug-likeness (QED) is 0.834. The molecule has 8 heteroatoms. The maximum Gasteiger partial charge on any atom is 0.228 e. The van der Waals surface area contributed by atoms with Crippen molar-refractivity contribution in [1.29, 1.82) is 0 Å². The molecule has 1 amide bonds. The molecule has 0 saturated carbocycles. The lowest BCUT2D eigenvalue weighted by Gasteiger charge is -2.20. The average Bonchev–Trinajstić information content (AvgIpc) is 3.21. The van der Waals surface area contributed by atoms with Crippen LogP contribution in [0.5, 0.6) is 0 Å². The van der Waals surface area contributed by atoms with Crippen LogP contribution in [0.15, 0.2) is 34.9 Å². The fourth-order valence-corrected chi connectivity index (χ4v) is 3.85. The van der Waals surface area contributed by atoms with Gasteiger partial charge in [0.15, 0.2) is 0 Å². The molecule has 2 aromatic rings. The third kappa shape index (κ3) is 5.00. The van der Waals surface area contributed by atoms with Crippen LogP contribution in [-0.2, 0) is 11.2 Å². The Morgan fingerprint density at radius 3 is 2.41 bits per heavy atom. The number of nitrogens with one attached hydrogen (secondary N) is 1. The first-order valence-electron chi connectivity index (χ1n) is 8.88. The van der Waals surface area contributed by atoms with Crippen molar-refractivity contribution in [2.45, 2.75) is 19.3 Å². The molecular formula is C19H24Cl2FN3O2. The number of oxazole rings is 1. The van der Waals surface area contributed by atoms with Gasteiger partial charge in [0.1, 0.15) is 12.1 Å². The van der Waals surface area contributed by atoms with E-state index in [0.717, 1.165) is 39.0 Å². The minimum absolute atomic E-state index is 0. The van der Waals surface area contributed by atoms with Crippen LogP contribution in [-0.4, -0.2) is 42.0 Å². The van der Waals surface area contributed by atoms with Gasteiger partial charge in [0.2, 0.25) is 11.8 Å². The highest BCUT2D eigenvalue weighted by Crippen LogP contribution is 2.27. The number of nitrogens with zero attached hydrogens (tertiary/aromatic N) is 2. The van der Waals surface area contributed by atoms with Crippen molar-refractivity contribution >= 4 is 30.7 Å². The molecule has 2 aliphatic rings. The number of benzene rings is 1. The number of amides is 1. The lowest BCUT2D eigenvalue weighted by atomic mass is 9.92. The van der Waals surface area contributed by atoms with Gasteiger partial charge in [0, 0.05) is 18.7 Å². The van der Waals surface area contributed by atoms with Gasteiger partial charge in [-0.2, -0.15) is 0 Å². The molecule has 27 heavy (non-hydrogen) atoms. The second kappa shape index (κ2) is 9.53. The highest BCUT2D eigenvalue weighted by atomic mass is 35.5. The summed E-state index contributed by atoms with van der Waals surface area (Å²) in [5.41, 5.74) is 1.32. The molecule has 1 aromatic carbocycles. The Morgan fingerprint density at radius 1 is 1.15 bits per heavy atom. The molecule has 0 radical (unpaired) electrons. The molecule has 5 nitrogen and oxygen atoms in total. The fourth-order valence-electron chi connectivity index (χ4n) is 3.85. The third-order valence-electron chi connectivity index (χ3n) is 5.35. The second-order valence-corrected chi connectivity index (χ2v) is 6.96. The molecular weight excluding hydrogens is 392 g/mol. The van der Waals surface area contributed by atoms with E-state index in [-0.39, 0.29) is 43.0 Å². The van der Waals surface area contributed by atoms with Crippen LogP contribution in [0, 0.1) is 17.7 Å². The maximum atomic E-state index is 13.0. The SMILES string of the molecule is Cl.Cl.O=C(Cc1coc(-c2ccc(F)cc2)n1)N1CC[C@@H]2CNC[C@@H]2CC1. The number of aromatic nitrogens is 1. The Bertz CT molecular complexity index is 740.